The number of methoxy groups -OCH3 is 1. The second-order valence-corrected chi connectivity index (χ2v) is 5.47. The lowest BCUT2D eigenvalue weighted by molar-refractivity contribution is -0.140. The molecule has 0 fully saturated rings. The summed E-state index contributed by atoms with van der Waals surface area (Å²) in [7, 11) is -2.58. The molecule has 7 nitrogen and oxygen atoms in total. The molecule has 16 heavy (non-hydrogen) atoms. The molecule has 0 atom stereocenters. The fraction of sp³-hybridized carbons (Fsp3) is 0.875. The monoisotopic (exact) mass is 255 g/mol. The van der Waals surface area contributed by atoms with Crippen molar-refractivity contribution in [1.29, 1.82) is 0 Å². The Morgan fingerprint density at radius 3 is 2.25 bits per heavy atom. The summed E-state index contributed by atoms with van der Waals surface area (Å²) in [6.07, 6.45) is -0.279. The molecule has 0 amide bonds. The molecule has 0 aromatic rings. The molecule has 0 heterocycles. The molecule has 0 aromatic heterocycles. The summed E-state index contributed by atoms with van der Waals surface area (Å²) in [6.45, 7) is 0.268. The van der Waals surface area contributed by atoms with Crippen molar-refractivity contribution in [2.24, 2.45) is 0 Å². The molecule has 0 bridgehead atoms. The van der Waals surface area contributed by atoms with Crippen molar-refractivity contribution in [3.05, 3.63) is 0 Å². The van der Waals surface area contributed by atoms with Crippen LogP contribution in [0.3, 0.4) is 0 Å². The third-order valence-electron chi connectivity index (χ3n) is 1.90. The van der Waals surface area contributed by atoms with Crippen molar-refractivity contribution in [3.8, 4) is 0 Å². The average molecular weight is 255 g/mol. The third kappa shape index (κ3) is 5.40. The van der Waals surface area contributed by atoms with Crippen LogP contribution in [0.1, 0.15) is 13.3 Å². The van der Waals surface area contributed by atoms with E-state index in [0.717, 1.165) is 7.11 Å². The Labute approximate surface area is 94.5 Å². The predicted octanol–water partition coefficient (Wildman–Crippen LogP) is -1.79. The number of rotatable bonds is 7. The van der Waals surface area contributed by atoms with Crippen LogP contribution in [0.15, 0.2) is 0 Å². The van der Waals surface area contributed by atoms with Gasteiger partial charge in [0.25, 0.3) is 0 Å². The number of carbonyl (C=O) groups excluding carboxylic acids is 1. The van der Waals surface area contributed by atoms with Gasteiger partial charge in [-0.1, -0.05) is 0 Å². The van der Waals surface area contributed by atoms with Gasteiger partial charge in [-0.2, -0.15) is 0 Å². The molecular weight excluding hydrogens is 238 g/mol. The van der Waals surface area contributed by atoms with Crippen LogP contribution >= 0.6 is 0 Å². The molecule has 0 unspecified atom stereocenters. The van der Waals surface area contributed by atoms with Crippen LogP contribution in [0.4, 0.5) is 0 Å². The molecule has 0 saturated heterocycles. The third-order valence-corrected chi connectivity index (χ3v) is 3.45. The lowest BCUT2D eigenvalue weighted by Gasteiger charge is -2.25. The molecule has 0 saturated carbocycles. The van der Waals surface area contributed by atoms with E-state index in [2.05, 4.69) is 9.46 Å². The van der Waals surface area contributed by atoms with E-state index in [0.29, 0.717) is 0 Å². The van der Waals surface area contributed by atoms with Gasteiger partial charge in [0.05, 0.1) is 38.0 Å². The number of carbonyl (C=O) groups is 1. The first-order valence-corrected chi connectivity index (χ1v) is 6.24. The minimum atomic E-state index is -3.74. The Balaban J connectivity index is 4.41. The Hall–Kier alpha value is -0.700. The van der Waals surface area contributed by atoms with Crippen LogP contribution in [0.25, 0.3) is 0 Å². The molecule has 0 aliphatic carbocycles. The first-order valence-electron chi connectivity index (χ1n) is 4.59. The zero-order chi connectivity index (χ0) is 12.8. The van der Waals surface area contributed by atoms with E-state index in [4.69, 9.17) is 10.2 Å². The zero-order valence-electron chi connectivity index (χ0n) is 9.26. The van der Waals surface area contributed by atoms with Gasteiger partial charge in [0.15, 0.2) is 0 Å². The highest BCUT2D eigenvalue weighted by Gasteiger charge is 2.28. The van der Waals surface area contributed by atoms with Gasteiger partial charge in [-0.05, 0) is 6.92 Å². The first-order chi connectivity index (χ1) is 7.28. The Morgan fingerprint density at radius 1 is 1.38 bits per heavy atom. The molecule has 0 spiro atoms. The van der Waals surface area contributed by atoms with Crippen LogP contribution in [-0.2, 0) is 19.6 Å². The summed E-state index contributed by atoms with van der Waals surface area (Å²) < 4.78 is 29.3. The molecule has 0 aliphatic rings. The quantitative estimate of drug-likeness (QED) is 0.463. The average Bonchev–Trinajstić information content (AvgIpc) is 2.25. The van der Waals surface area contributed by atoms with Crippen LogP contribution in [0.5, 0.6) is 0 Å². The Morgan fingerprint density at radius 2 is 1.88 bits per heavy atom. The summed E-state index contributed by atoms with van der Waals surface area (Å²) in [6, 6.07) is 0. The Kier molecular flexibility index (Phi) is 5.87. The van der Waals surface area contributed by atoms with E-state index in [9.17, 15) is 13.2 Å². The molecule has 8 heteroatoms. The van der Waals surface area contributed by atoms with Crippen LogP contribution in [0, 0.1) is 0 Å². The highest BCUT2D eigenvalue weighted by atomic mass is 32.2. The lowest BCUT2D eigenvalue weighted by Crippen LogP contribution is -2.52. The largest absolute Gasteiger partial charge is 0.469 e. The van der Waals surface area contributed by atoms with Gasteiger partial charge in [-0.25, -0.2) is 13.1 Å². The fourth-order valence-electron chi connectivity index (χ4n) is 0.861. The first kappa shape index (κ1) is 15.3. The summed E-state index contributed by atoms with van der Waals surface area (Å²) >= 11 is 0. The molecule has 0 rings (SSSR count). The maximum atomic E-state index is 11.4. The van der Waals surface area contributed by atoms with Crippen molar-refractivity contribution >= 4 is 16.0 Å². The minimum Gasteiger partial charge on any atom is -0.469 e. The highest BCUT2D eigenvalue weighted by molar-refractivity contribution is 7.89. The Bertz CT molecular complexity index is 321. The second-order valence-electron chi connectivity index (χ2n) is 3.62. The van der Waals surface area contributed by atoms with Gasteiger partial charge in [-0.15, -0.1) is 0 Å². The number of hydrogen-bond donors (Lipinski definition) is 3. The zero-order valence-corrected chi connectivity index (χ0v) is 10.1. The second kappa shape index (κ2) is 6.14. The fourth-order valence-corrected chi connectivity index (χ4v) is 2.28. The molecule has 0 aliphatic heterocycles. The van der Waals surface area contributed by atoms with Crippen molar-refractivity contribution in [2.45, 2.75) is 18.9 Å². The number of nitrogens with one attached hydrogen (secondary N) is 1. The van der Waals surface area contributed by atoms with Crippen LogP contribution < -0.4 is 4.72 Å². The minimum absolute atomic E-state index is 0.279. The van der Waals surface area contributed by atoms with Crippen molar-refractivity contribution in [3.63, 3.8) is 0 Å². The summed E-state index contributed by atoms with van der Waals surface area (Å²) in [5.74, 6) is -1.09. The van der Waals surface area contributed by atoms with E-state index in [1.165, 1.54) is 6.92 Å². The smallest absolute Gasteiger partial charge is 0.306 e. The van der Waals surface area contributed by atoms with Gasteiger partial charge in [0.1, 0.15) is 0 Å². The van der Waals surface area contributed by atoms with Gasteiger partial charge in [0, 0.05) is 0 Å². The molecular formula is C8H17NO6S. The maximum absolute atomic E-state index is 11.4. The van der Waals surface area contributed by atoms with Gasteiger partial charge >= 0.3 is 5.97 Å². The highest BCUT2D eigenvalue weighted by Crippen LogP contribution is 2.04. The summed E-state index contributed by atoms with van der Waals surface area (Å²) in [4.78, 5) is 10.7. The van der Waals surface area contributed by atoms with Gasteiger partial charge in [0.2, 0.25) is 10.0 Å². The number of sulfonamides is 1. The number of esters is 1. The topological polar surface area (TPSA) is 113 Å². The van der Waals surface area contributed by atoms with Crippen molar-refractivity contribution in [2.75, 3.05) is 26.1 Å². The molecule has 0 radical (unpaired) electrons. The molecule has 3 N–H and O–H groups in total. The SMILES string of the molecule is COC(=O)CCS(=O)(=O)NC(C)(CO)CO. The number of aliphatic hydroxyl groups excluding tert-OH is 2. The lowest BCUT2D eigenvalue weighted by atomic mass is 10.1. The molecule has 96 valence electrons. The van der Waals surface area contributed by atoms with Gasteiger partial charge in [-0.3, -0.25) is 4.79 Å². The number of aliphatic hydroxyl groups is 2. The summed E-state index contributed by atoms with van der Waals surface area (Å²) in [5.41, 5.74) is -1.32. The van der Waals surface area contributed by atoms with E-state index < -0.39 is 40.5 Å². The van der Waals surface area contributed by atoms with Crippen molar-refractivity contribution in [1.82, 2.24) is 4.72 Å². The van der Waals surface area contributed by atoms with E-state index in [1.807, 2.05) is 0 Å². The van der Waals surface area contributed by atoms with Gasteiger partial charge < -0.3 is 14.9 Å². The predicted molar refractivity (Wildman–Crippen MR) is 56.1 cm³/mol. The number of hydrogen-bond acceptors (Lipinski definition) is 6. The van der Waals surface area contributed by atoms with Crippen molar-refractivity contribution < 1.29 is 28.2 Å². The van der Waals surface area contributed by atoms with Crippen LogP contribution in [0.2, 0.25) is 0 Å². The number of ether oxygens (including phenoxy) is 1. The van der Waals surface area contributed by atoms with E-state index in [1.54, 1.807) is 0 Å². The van der Waals surface area contributed by atoms with Crippen LogP contribution in [-0.4, -0.2) is 56.2 Å². The summed E-state index contributed by atoms with van der Waals surface area (Å²) in [5, 5.41) is 17.8. The maximum Gasteiger partial charge on any atom is 0.306 e. The standard InChI is InChI=1S/C8H17NO6S/c1-8(5-10,6-11)9-16(13,14)4-3-7(12)15-2/h9-11H,3-6H2,1-2H3. The van der Waals surface area contributed by atoms with E-state index in [-0.39, 0.29) is 6.42 Å². The van der Waals surface area contributed by atoms with E-state index >= 15 is 0 Å². The molecule has 0 aromatic carbocycles. The normalized spacial score (nSPS) is 12.5.